The number of hydrogen-bond acceptors (Lipinski definition) is 6. The second kappa shape index (κ2) is 14.2. The van der Waals surface area contributed by atoms with Gasteiger partial charge in [-0.1, -0.05) is 6.58 Å². The van der Waals surface area contributed by atoms with Crippen LogP contribution in [-0.2, 0) is 14.4 Å². The van der Waals surface area contributed by atoms with Crippen LogP contribution in [0, 0.1) is 0 Å². The first-order valence-corrected chi connectivity index (χ1v) is 3.66. The van der Waals surface area contributed by atoms with Crippen molar-refractivity contribution in [2.75, 3.05) is 0 Å². The topological polar surface area (TPSA) is 138 Å². The van der Waals surface area contributed by atoms with E-state index in [1.165, 1.54) is 6.92 Å². The SMILES string of the molecule is C=C(C)C(=O)O.O=C([O-])CC(O)C(=O)[O-].[Na+].[Na+]. The molecule has 0 fully saturated rings. The molecule has 0 saturated heterocycles. The van der Waals surface area contributed by atoms with Gasteiger partial charge in [-0.3, -0.25) is 0 Å². The van der Waals surface area contributed by atoms with Gasteiger partial charge in [-0.2, -0.15) is 0 Å². The average molecular weight is 264 g/mol. The summed E-state index contributed by atoms with van der Waals surface area (Å²) in [5, 5.41) is 35.2. The molecule has 17 heavy (non-hydrogen) atoms. The molecule has 0 aromatic rings. The Morgan fingerprint density at radius 3 is 1.59 bits per heavy atom. The molecule has 1 unspecified atom stereocenters. The number of rotatable bonds is 4. The normalized spacial score (nSPS) is 9.29. The number of aliphatic hydroxyl groups excluding tert-OH is 1. The van der Waals surface area contributed by atoms with Crippen molar-refractivity contribution < 1.29 is 93.9 Å². The van der Waals surface area contributed by atoms with Crippen molar-refractivity contribution in [2.24, 2.45) is 0 Å². The van der Waals surface area contributed by atoms with Crippen LogP contribution in [0.5, 0.6) is 0 Å². The second-order valence-corrected chi connectivity index (χ2v) is 2.50. The molecule has 0 spiro atoms. The van der Waals surface area contributed by atoms with E-state index in [-0.39, 0.29) is 64.7 Å². The van der Waals surface area contributed by atoms with Gasteiger partial charge >= 0.3 is 65.1 Å². The zero-order chi connectivity index (χ0) is 12.6. The van der Waals surface area contributed by atoms with Crippen molar-refractivity contribution >= 4 is 17.9 Å². The molecule has 0 amide bonds. The molecule has 0 heterocycles. The van der Waals surface area contributed by atoms with Crippen LogP contribution < -0.4 is 69.3 Å². The minimum atomic E-state index is -1.96. The van der Waals surface area contributed by atoms with Gasteiger partial charge in [-0.25, -0.2) is 4.79 Å². The second-order valence-electron chi connectivity index (χ2n) is 2.50. The first-order valence-electron chi connectivity index (χ1n) is 3.66. The third-order valence-electron chi connectivity index (χ3n) is 0.997. The van der Waals surface area contributed by atoms with Gasteiger partial charge in [0.05, 0.1) is 12.1 Å². The number of carbonyl (C=O) groups excluding carboxylic acids is 2. The van der Waals surface area contributed by atoms with E-state index in [2.05, 4.69) is 6.58 Å². The molecule has 0 rings (SSSR count). The van der Waals surface area contributed by atoms with Crippen molar-refractivity contribution in [2.45, 2.75) is 19.4 Å². The number of hydrogen-bond donors (Lipinski definition) is 2. The van der Waals surface area contributed by atoms with Gasteiger partial charge < -0.3 is 30.0 Å². The zero-order valence-corrected chi connectivity index (χ0v) is 13.9. The maximum atomic E-state index is 9.60. The first kappa shape index (κ1) is 25.8. The molecule has 86 valence electrons. The van der Waals surface area contributed by atoms with Crippen LogP contribution in [0.15, 0.2) is 12.2 Å². The Morgan fingerprint density at radius 2 is 1.53 bits per heavy atom. The Morgan fingerprint density at radius 1 is 1.24 bits per heavy atom. The van der Waals surface area contributed by atoms with E-state index in [0.29, 0.717) is 0 Å². The number of aliphatic hydroxyl groups is 1. The summed E-state index contributed by atoms with van der Waals surface area (Å²) in [5.41, 5.74) is 0.176. The maximum absolute atomic E-state index is 9.60. The summed E-state index contributed by atoms with van der Waals surface area (Å²) >= 11 is 0. The molecule has 2 N–H and O–H groups in total. The van der Waals surface area contributed by atoms with Crippen LogP contribution in [0.25, 0.3) is 0 Å². The largest absolute Gasteiger partial charge is 1.00 e. The number of carbonyl (C=O) groups is 3. The minimum absolute atomic E-state index is 0. The van der Waals surface area contributed by atoms with E-state index in [0.717, 1.165) is 0 Å². The van der Waals surface area contributed by atoms with Crippen LogP contribution >= 0.6 is 0 Å². The molecule has 0 aliphatic carbocycles. The van der Waals surface area contributed by atoms with Crippen LogP contribution in [0.4, 0.5) is 0 Å². The molecule has 9 heteroatoms. The number of carboxylic acids is 3. The molecule has 0 aromatic heterocycles. The van der Waals surface area contributed by atoms with Gasteiger partial charge in [0, 0.05) is 18.0 Å². The Bertz CT molecular complexity index is 265. The average Bonchev–Trinajstić information content (AvgIpc) is 2.03. The van der Waals surface area contributed by atoms with Gasteiger partial charge in [-0.05, 0) is 6.92 Å². The fourth-order valence-electron chi connectivity index (χ4n) is 0.241. The minimum Gasteiger partial charge on any atom is -0.550 e. The van der Waals surface area contributed by atoms with E-state index in [1.807, 2.05) is 0 Å². The molecule has 1 atom stereocenters. The maximum Gasteiger partial charge on any atom is 1.00 e. The zero-order valence-electron chi connectivity index (χ0n) is 9.93. The van der Waals surface area contributed by atoms with Crippen molar-refractivity contribution in [1.82, 2.24) is 0 Å². The van der Waals surface area contributed by atoms with Crippen molar-refractivity contribution in [1.29, 1.82) is 0 Å². The molecule has 0 bridgehead atoms. The summed E-state index contributed by atoms with van der Waals surface area (Å²) in [7, 11) is 0. The predicted octanol–water partition coefficient (Wildman–Crippen LogP) is -9.11. The molecule has 0 aromatic carbocycles. The van der Waals surface area contributed by atoms with Gasteiger partial charge in [0.2, 0.25) is 0 Å². The number of aliphatic carboxylic acids is 3. The smallest absolute Gasteiger partial charge is 0.550 e. The molecule has 0 radical (unpaired) electrons. The summed E-state index contributed by atoms with van der Waals surface area (Å²) in [6.45, 7) is 4.60. The summed E-state index contributed by atoms with van der Waals surface area (Å²) in [5.74, 6) is -4.36. The third kappa shape index (κ3) is 21.9. The standard InChI is InChI=1S/C4H6O5.C4H6O2.2Na/c5-2(4(8)9)1-3(6)7;1-3(2)4(5)6;;/h2,5H,1H2,(H,6,7)(H,8,9);1H2,2H3,(H,5,6);;/q;;2*+1/p-2. The van der Waals surface area contributed by atoms with Crippen LogP contribution in [0.2, 0.25) is 0 Å². The summed E-state index contributed by atoms with van der Waals surface area (Å²) < 4.78 is 0. The molecular formula is C8H10Na2O7. The van der Waals surface area contributed by atoms with E-state index in [9.17, 15) is 24.6 Å². The predicted molar refractivity (Wildman–Crippen MR) is 43.1 cm³/mol. The van der Waals surface area contributed by atoms with Gasteiger partial charge in [0.15, 0.2) is 0 Å². The Kier molecular flexibility index (Phi) is 21.5. The fourth-order valence-corrected chi connectivity index (χ4v) is 0.241. The Balaban J connectivity index is -0.0000000945. The van der Waals surface area contributed by atoms with E-state index < -0.39 is 30.4 Å². The molecule has 0 saturated carbocycles. The van der Waals surface area contributed by atoms with Crippen LogP contribution in [-0.4, -0.2) is 34.2 Å². The summed E-state index contributed by atoms with van der Waals surface area (Å²) in [6.07, 6.45) is -2.89. The molecule has 7 nitrogen and oxygen atoms in total. The van der Waals surface area contributed by atoms with Crippen molar-refractivity contribution in [3.05, 3.63) is 12.2 Å². The Hall–Kier alpha value is 0.110. The summed E-state index contributed by atoms with van der Waals surface area (Å²) in [4.78, 5) is 28.7. The molecule has 0 aliphatic rings. The van der Waals surface area contributed by atoms with Gasteiger partial charge in [-0.15, -0.1) is 0 Å². The van der Waals surface area contributed by atoms with E-state index in [4.69, 9.17) is 10.2 Å². The third-order valence-corrected chi connectivity index (χ3v) is 0.997. The fraction of sp³-hybridized carbons (Fsp3) is 0.375. The summed E-state index contributed by atoms with van der Waals surface area (Å²) in [6, 6.07) is 0. The monoisotopic (exact) mass is 264 g/mol. The van der Waals surface area contributed by atoms with Crippen molar-refractivity contribution in [3.8, 4) is 0 Å². The quantitative estimate of drug-likeness (QED) is 0.379. The Labute approximate surface area is 142 Å². The molecular weight excluding hydrogens is 254 g/mol. The van der Waals surface area contributed by atoms with E-state index >= 15 is 0 Å². The van der Waals surface area contributed by atoms with Crippen molar-refractivity contribution in [3.63, 3.8) is 0 Å². The van der Waals surface area contributed by atoms with Crippen LogP contribution in [0.3, 0.4) is 0 Å². The van der Waals surface area contributed by atoms with Gasteiger partial charge in [0.1, 0.15) is 0 Å². The van der Waals surface area contributed by atoms with E-state index in [1.54, 1.807) is 0 Å². The number of carboxylic acid groups (broad SMARTS) is 3. The van der Waals surface area contributed by atoms with Crippen LogP contribution in [0.1, 0.15) is 13.3 Å². The molecule has 0 aliphatic heterocycles. The first-order chi connectivity index (χ1) is 6.68. The van der Waals surface area contributed by atoms with Gasteiger partial charge in [0.25, 0.3) is 0 Å².